The molecule has 0 heterocycles. The van der Waals surface area contributed by atoms with Crippen LogP contribution < -0.4 is 0 Å². The smallest absolute Gasteiger partial charge is 0.155 e. The first-order chi connectivity index (χ1) is 10.4. The molecule has 0 aromatic carbocycles. The molecule has 0 atom stereocenters. The van der Waals surface area contributed by atoms with Crippen LogP contribution in [0.3, 0.4) is 0 Å². The Bertz CT molecular complexity index is 197. The molecule has 4 N–H and O–H groups in total. The first-order valence-corrected chi connectivity index (χ1v) is 8.08. The minimum absolute atomic E-state index is 0. The standard InChI is InChI=1S/C5H8O2.3C4H10O.Ti/c1-4(6)3-5(2)7;3*1-2-3-4-5;/h3,6H,1-2H3;3*5H,2-4H2,1H3;. The Morgan fingerprint density at radius 1 is 0.783 bits per heavy atom. The van der Waals surface area contributed by atoms with Crippen molar-refractivity contribution in [3.8, 4) is 0 Å². The van der Waals surface area contributed by atoms with Crippen molar-refractivity contribution >= 4 is 5.78 Å². The number of unbranched alkanes of at least 4 members (excludes halogenated alkanes) is 3. The number of allylic oxidation sites excluding steroid dienone is 2. The Hall–Kier alpha value is -0.196. The molecule has 0 rings (SSSR count). The molecule has 0 saturated heterocycles. The molecule has 0 aliphatic carbocycles. The molecule has 0 fully saturated rings. The van der Waals surface area contributed by atoms with Crippen molar-refractivity contribution < 1.29 is 46.9 Å². The van der Waals surface area contributed by atoms with E-state index in [1.165, 1.54) is 19.9 Å². The van der Waals surface area contributed by atoms with Crippen LogP contribution in [0.25, 0.3) is 0 Å². The van der Waals surface area contributed by atoms with E-state index in [0.29, 0.717) is 19.8 Å². The maximum Gasteiger partial charge on any atom is 0.155 e. The molecule has 5 nitrogen and oxygen atoms in total. The molecule has 0 spiro atoms. The zero-order chi connectivity index (χ0) is 18.2. The molecule has 0 radical (unpaired) electrons. The van der Waals surface area contributed by atoms with E-state index in [1.807, 2.05) is 0 Å². The molecule has 0 aromatic heterocycles. The quantitative estimate of drug-likeness (QED) is 0.313. The van der Waals surface area contributed by atoms with E-state index in [9.17, 15) is 4.79 Å². The number of carbonyl (C=O) groups is 1. The van der Waals surface area contributed by atoms with E-state index in [1.54, 1.807) is 0 Å². The summed E-state index contributed by atoms with van der Waals surface area (Å²) in [5.74, 6) is -0.0625. The van der Waals surface area contributed by atoms with Gasteiger partial charge in [0, 0.05) is 47.6 Å². The summed E-state index contributed by atoms with van der Waals surface area (Å²) in [5.41, 5.74) is 0. The predicted molar refractivity (Wildman–Crippen MR) is 93.0 cm³/mol. The average molecular weight is 370 g/mol. The third-order valence-electron chi connectivity index (χ3n) is 1.95. The largest absolute Gasteiger partial charge is 0.512 e. The van der Waals surface area contributed by atoms with Gasteiger partial charge in [-0.15, -0.1) is 0 Å². The second kappa shape index (κ2) is 37.8. The number of hydrogen-bond donors (Lipinski definition) is 4. The van der Waals surface area contributed by atoms with Crippen LogP contribution >= 0.6 is 0 Å². The van der Waals surface area contributed by atoms with Gasteiger partial charge in [-0.1, -0.05) is 40.0 Å². The van der Waals surface area contributed by atoms with Gasteiger partial charge in [-0.3, -0.25) is 4.79 Å². The summed E-state index contributed by atoms with van der Waals surface area (Å²) in [5, 5.41) is 32.6. The first kappa shape index (κ1) is 34.2. The number of rotatable bonds is 7. The molecular weight excluding hydrogens is 332 g/mol. The predicted octanol–water partition coefficient (Wildman–Crippen LogP) is 3.37. The Kier molecular flexibility index (Phi) is 56.2. The van der Waals surface area contributed by atoms with Crippen LogP contribution in [-0.4, -0.2) is 46.0 Å². The van der Waals surface area contributed by atoms with Gasteiger partial charge in [-0.25, -0.2) is 0 Å². The van der Waals surface area contributed by atoms with Crippen molar-refractivity contribution in [2.24, 2.45) is 0 Å². The summed E-state index contributed by atoms with van der Waals surface area (Å²) in [7, 11) is 0. The van der Waals surface area contributed by atoms with Crippen LogP contribution in [0.4, 0.5) is 0 Å². The van der Waals surface area contributed by atoms with Crippen LogP contribution in [0, 0.1) is 0 Å². The maximum atomic E-state index is 10.0. The minimum atomic E-state index is -0.125. The van der Waals surface area contributed by atoms with Crippen LogP contribution in [0.2, 0.25) is 0 Å². The monoisotopic (exact) mass is 370 g/mol. The van der Waals surface area contributed by atoms with Gasteiger partial charge in [-0.2, -0.15) is 0 Å². The van der Waals surface area contributed by atoms with Gasteiger partial charge in [0.2, 0.25) is 0 Å². The molecule has 0 bridgehead atoms. The average Bonchev–Trinajstić information content (AvgIpc) is 2.42. The molecule has 23 heavy (non-hydrogen) atoms. The van der Waals surface area contributed by atoms with Crippen LogP contribution in [0.1, 0.15) is 73.1 Å². The number of aliphatic hydroxyl groups is 4. The maximum absolute atomic E-state index is 10.0. The van der Waals surface area contributed by atoms with Crippen LogP contribution in [0.5, 0.6) is 0 Å². The van der Waals surface area contributed by atoms with Gasteiger partial charge < -0.3 is 20.4 Å². The van der Waals surface area contributed by atoms with E-state index < -0.39 is 0 Å². The SMILES string of the molecule is CC(=O)C=C(C)O.CCCCO.CCCCO.CCCCO.[Ti]. The van der Waals surface area contributed by atoms with Gasteiger partial charge in [0.25, 0.3) is 0 Å². The molecule has 0 aromatic rings. The van der Waals surface area contributed by atoms with Crippen molar-refractivity contribution in [2.45, 2.75) is 73.1 Å². The van der Waals surface area contributed by atoms with Gasteiger partial charge in [0.15, 0.2) is 5.78 Å². The van der Waals surface area contributed by atoms with Crippen LogP contribution in [0.15, 0.2) is 11.8 Å². The Labute approximate surface area is 157 Å². The van der Waals surface area contributed by atoms with Gasteiger partial charge >= 0.3 is 0 Å². The fraction of sp³-hybridized carbons (Fsp3) is 0.824. The second-order valence-electron chi connectivity index (χ2n) is 4.63. The van der Waals surface area contributed by atoms with E-state index in [4.69, 9.17) is 20.4 Å². The summed E-state index contributed by atoms with van der Waals surface area (Å²) in [6, 6.07) is 0. The first-order valence-electron chi connectivity index (χ1n) is 8.08. The molecular formula is C17H38O5Ti. The van der Waals surface area contributed by atoms with E-state index in [2.05, 4.69) is 20.8 Å². The summed E-state index contributed by atoms with van der Waals surface area (Å²) in [4.78, 5) is 10.0. The van der Waals surface area contributed by atoms with Crippen molar-refractivity contribution in [2.75, 3.05) is 19.8 Å². The van der Waals surface area contributed by atoms with Crippen LogP contribution in [-0.2, 0) is 26.5 Å². The molecule has 0 aliphatic rings. The Morgan fingerprint density at radius 2 is 1.04 bits per heavy atom. The normalized spacial score (nSPS) is 8.96. The zero-order valence-electron chi connectivity index (χ0n) is 15.6. The number of ketones is 1. The summed E-state index contributed by atoms with van der Waals surface area (Å²) >= 11 is 0. The van der Waals surface area contributed by atoms with Crippen molar-refractivity contribution in [1.29, 1.82) is 0 Å². The zero-order valence-corrected chi connectivity index (χ0v) is 17.2. The van der Waals surface area contributed by atoms with Gasteiger partial charge in [0.1, 0.15) is 0 Å². The van der Waals surface area contributed by atoms with E-state index in [0.717, 1.165) is 38.5 Å². The minimum Gasteiger partial charge on any atom is -0.512 e. The summed E-state index contributed by atoms with van der Waals surface area (Å²) in [6.45, 7) is 10.0. The van der Waals surface area contributed by atoms with E-state index >= 15 is 0 Å². The second-order valence-corrected chi connectivity index (χ2v) is 4.63. The fourth-order valence-corrected chi connectivity index (χ4v) is 0.769. The third kappa shape index (κ3) is 89.0. The molecule has 0 amide bonds. The summed E-state index contributed by atoms with van der Waals surface area (Å²) in [6.07, 6.45) is 7.28. The van der Waals surface area contributed by atoms with Crippen molar-refractivity contribution in [3.05, 3.63) is 11.8 Å². The topological polar surface area (TPSA) is 98.0 Å². The molecule has 6 heteroatoms. The molecule has 0 saturated carbocycles. The Morgan fingerprint density at radius 3 is 1.04 bits per heavy atom. The van der Waals surface area contributed by atoms with Crippen molar-refractivity contribution in [1.82, 2.24) is 0 Å². The Balaban J connectivity index is -0.0000000625. The van der Waals surface area contributed by atoms with Gasteiger partial charge in [0.05, 0.1) is 5.76 Å². The van der Waals surface area contributed by atoms with Crippen molar-refractivity contribution in [3.63, 3.8) is 0 Å². The third-order valence-corrected chi connectivity index (χ3v) is 1.95. The summed E-state index contributed by atoms with van der Waals surface area (Å²) < 4.78 is 0. The van der Waals surface area contributed by atoms with Gasteiger partial charge in [-0.05, 0) is 33.1 Å². The number of hydrogen-bond acceptors (Lipinski definition) is 5. The number of carbonyl (C=O) groups excluding carboxylic acids is 1. The molecule has 140 valence electrons. The molecule has 0 unspecified atom stereocenters. The van der Waals surface area contributed by atoms with E-state index in [-0.39, 0.29) is 33.3 Å². The number of aliphatic hydroxyl groups excluding tert-OH is 4. The fourth-order valence-electron chi connectivity index (χ4n) is 0.769. The molecule has 0 aliphatic heterocycles.